The minimum Gasteiger partial charge on any atom is -0.478 e. The molecule has 0 saturated carbocycles. The summed E-state index contributed by atoms with van der Waals surface area (Å²) in [6.07, 6.45) is 1.12. The molecule has 1 aliphatic rings. The molecule has 1 aromatic carbocycles. The molecular formula is C15H19ClN2O3. The van der Waals surface area contributed by atoms with Crippen LogP contribution in [0.25, 0.3) is 0 Å². The number of halogens is 1. The summed E-state index contributed by atoms with van der Waals surface area (Å²) in [4.78, 5) is 25.1. The van der Waals surface area contributed by atoms with Crippen LogP contribution >= 0.6 is 11.6 Å². The van der Waals surface area contributed by atoms with E-state index in [2.05, 4.69) is 19.2 Å². The predicted molar refractivity (Wildman–Crippen MR) is 81.9 cm³/mol. The van der Waals surface area contributed by atoms with E-state index in [9.17, 15) is 9.59 Å². The van der Waals surface area contributed by atoms with Crippen LogP contribution in [0.2, 0.25) is 5.02 Å². The highest BCUT2D eigenvalue weighted by molar-refractivity contribution is 6.33. The Morgan fingerprint density at radius 3 is 2.48 bits per heavy atom. The number of benzene rings is 1. The highest BCUT2D eigenvalue weighted by atomic mass is 35.5. The van der Waals surface area contributed by atoms with Gasteiger partial charge in [-0.1, -0.05) is 25.4 Å². The van der Waals surface area contributed by atoms with Gasteiger partial charge in [0.1, 0.15) is 0 Å². The van der Waals surface area contributed by atoms with Gasteiger partial charge in [-0.25, -0.2) is 9.59 Å². The van der Waals surface area contributed by atoms with E-state index < -0.39 is 5.97 Å². The number of likely N-dealkylation sites (tertiary alicyclic amines) is 1. The van der Waals surface area contributed by atoms with Crippen LogP contribution in [0.5, 0.6) is 0 Å². The predicted octanol–water partition coefficient (Wildman–Crippen LogP) is 3.55. The molecule has 1 aromatic rings. The van der Waals surface area contributed by atoms with E-state index in [4.69, 9.17) is 16.7 Å². The number of aromatic carboxylic acids is 1. The van der Waals surface area contributed by atoms with Crippen LogP contribution < -0.4 is 5.32 Å². The van der Waals surface area contributed by atoms with Crippen molar-refractivity contribution in [3.63, 3.8) is 0 Å². The van der Waals surface area contributed by atoms with Gasteiger partial charge >= 0.3 is 12.0 Å². The number of nitrogens with zero attached hydrogens (tertiary/aromatic N) is 1. The Labute approximate surface area is 128 Å². The van der Waals surface area contributed by atoms with Gasteiger partial charge in [0, 0.05) is 18.8 Å². The lowest BCUT2D eigenvalue weighted by Crippen LogP contribution is -2.44. The van der Waals surface area contributed by atoms with Crippen LogP contribution in [0.15, 0.2) is 18.2 Å². The fourth-order valence-corrected chi connectivity index (χ4v) is 3.00. The number of carbonyl (C=O) groups is 2. The molecule has 6 heteroatoms. The molecule has 2 rings (SSSR count). The highest BCUT2D eigenvalue weighted by Crippen LogP contribution is 2.23. The van der Waals surface area contributed by atoms with Gasteiger partial charge in [0.2, 0.25) is 0 Å². The first kappa shape index (κ1) is 15.6. The zero-order chi connectivity index (χ0) is 15.6. The van der Waals surface area contributed by atoms with Crippen LogP contribution in [0.3, 0.4) is 0 Å². The second-order valence-corrected chi connectivity index (χ2v) is 6.19. The summed E-state index contributed by atoms with van der Waals surface area (Å²) in [5.41, 5.74) is 0.419. The largest absolute Gasteiger partial charge is 0.478 e. The van der Waals surface area contributed by atoms with Gasteiger partial charge in [-0.15, -0.1) is 0 Å². The van der Waals surface area contributed by atoms with Crippen molar-refractivity contribution in [3.05, 3.63) is 28.8 Å². The molecule has 0 radical (unpaired) electrons. The third-order valence-corrected chi connectivity index (χ3v) is 3.93. The van der Waals surface area contributed by atoms with Crippen molar-refractivity contribution in [1.82, 2.24) is 4.90 Å². The Morgan fingerprint density at radius 2 is 1.90 bits per heavy atom. The summed E-state index contributed by atoms with van der Waals surface area (Å²) in [6.45, 7) is 5.69. The number of urea groups is 1. The fourth-order valence-electron chi connectivity index (χ4n) is 2.80. The number of hydrogen-bond donors (Lipinski definition) is 2. The number of rotatable bonds is 2. The molecule has 21 heavy (non-hydrogen) atoms. The molecule has 2 atom stereocenters. The van der Waals surface area contributed by atoms with Crippen LogP contribution in [0, 0.1) is 11.8 Å². The Morgan fingerprint density at radius 1 is 1.29 bits per heavy atom. The van der Waals surface area contributed by atoms with Crippen LogP contribution in [0.1, 0.15) is 30.6 Å². The summed E-state index contributed by atoms with van der Waals surface area (Å²) >= 11 is 5.81. The zero-order valence-corrected chi connectivity index (χ0v) is 12.9. The molecule has 0 bridgehead atoms. The molecule has 2 N–H and O–H groups in total. The Bertz CT molecular complexity index is 552. The number of carbonyl (C=O) groups excluding carboxylic acids is 1. The van der Waals surface area contributed by atoms with E-state index in [1.54, 1.807) is 11.0 Å². The van der Waals surface area contributed by atoms with E-state index in [0.29, 0.717) is 17.5 Å². The van der Waals surface area contributed by atoms with E-state index in [0.717, 1.165) is 19.5 Å². The molecule has 2 unspecified atom stereocenters. The maximum absolute atomic E-state index is 12.3. The molecule has 0 aromatic heterocycles. The Balaban J connectivity index is 2.09. The highest BCUT2D eigenvalue weighted by Gasteiger charge is 2.25. The summed E-state index contributed by atoms with van der Waals surface area (Å²) in [5, 5.41) is 11.9. The molecule has 1 saturated heterocycles. The minimum absolute atomic E-state index is 0.0187. The lowest BCUT2D eigenvalue weighted by molar-refractivity contribution is 0.0697. The molecule has 1 fully saturated rings. The van der Waals surface area contributed by atoms with Crippen LogP contribution in [0.4, 0.5) is 10.5 Å². The number of hydrogen-bond acceptors (Lipinski definition) is 2. The smallest absolute Gasteiger partial charge is 0.337 e. The summed E-state index contributed by atoms with van der Waals surface area (Å²) in [5.74, 6) is -0.171. The number of carboxylic acid groups (broad SMARTS) is 1. The molecule has 0 spiro atoms. The van der Waals surface area contributed by atoms with E-state index in [1.165, 1.54) is 12.1 Å². The lowest BCUT2D eigenvalue weighted by atomic mass is 9.92. The van der Waals surface area contributed by atoms with Crippen LogP contribution in [-0.2, 0) is 0 Å². The second kappa shape index (κ2) is 6.35. The van der Waals surface area contributed by atoms with Crippen molar-refractivity contribution in [2.24, 2.45) is 11.8 Å². The molecular weight excluding hydrogens is 292 g/mol. The standard InChI is InChI=1S/C15H19ClN2O3/c1-9-5-10(2)8-18(7-9)15(21)17-11-3-4-13(16)12(6-11)14(19)20/h3-4,6,9-10H,5,7-8H2,1-2H3,(H,17,21)(H,19,20). The van der Waals surface area contributed by atoms with Crippen molar-refractivity contribution >= 4 is 29.3 Å². The Hall–Kier alpha value is -1.75. The van der Waals surface area contributed by atoms with Crippen molar-refractivity contribution in [2.45, 2.75) is 20.3 Å². The minimum atomic E-state index is -1.11. The molecule has 1 aliphatic heterocycles. The van der Waals surface area contributed by atoms with E-state index >= 15 is 0 Å². The van der Waals surface area contributed by atoms with Crippen molar-refractivity contribution in [3.8, 4) is 0 Å². The number of anilines is 1. The molecule has 114 valence electrons. The molecule has 5 nitrogen and oxygen atoms in total. The fraction of sp³-hybridized carbons (Fsp3) is 0.467. The molecule has 0 aliphatic carbocycles. The van der Waals surface area contributed by atoms with Gasteiger partial charge in [-0.3, -0.25) is 0 Å². The normalized spacial score (nSPS) is 22.0. The number of amides is 2. The average molecular weight is 311 g/mol. The van der Waals surface area contributed by atoms with E-state index in [1.807, 2.05) is 0 Å². The Kier molecular flexibility index (Phi) is 4.73. The molecule has 1 heterocycles. The quantitative estimate of drug-likeness (QED) is 0.877. The lowest BCUT2D eigenvalue weighted by Gasteiger charge is -2.34. The average Bonchev–Trinajstić information content (AvgIpc) is 2.39. The third-order valence-electron chi connectivity index (χ3n) is 3.60. The monoisotopic (exact) mass is 310 g/mol. The van der Waals surface area contributed by atoms with Gasteiger partial charge in [0.15, 0.2) is 0 Å². The summed E-state index contributed by atoms with van der Waals surface area (Å²) in [7, 11) is 0. The van der Waals surface area contributed by atoms with Gasteiger partial charge in [-0.2, -0.15) is 0 Å². The first-order valence-electron chi connectivity index (χ1n) is 6.95. The van der Waals surface area contributed by atoms with Crippen molar-refractivity contribution < 1.29 is 14.7 Å². The first-order valence-corrected chi connectivity index (χ1v) is 7.33. The van der Waals surface area contributed by atoms with Gasteiger partial charge in [-0.05, 0) is 36.5 Å². The summed E-state index contributed by atoms with van der Waals surface area (Å²) < 4.78 is 0. The van der Waals surface area contributed by atoms with E-state index in [-0.39, 0.29) is 16.6 Å². The third kappa shape index (κ3) is 3.88. The van der Waals surface area contributed by atoms with Gasteiger partial charge in [0.05, 0.1) is 10.6 Å². The second-order valence-electron chi connectivity index (χ2n) is 5.78. The zero-order valence-electron chi connectivity index (χ0n) is 12.1. The number of nitrogens with one attached hydrogen (secondary N) is 1. The summed E-state index contributed by atoms with van der Waals surface area (Å²) in [6, 6.07) is 4.25. The SMILES string of the molecule is CC1CC(C)CN(C(=O)Nc2ccc(Cl)c(C(=O)O)c2)C1. The maximum Gasteiger partial charge on any atom is 0.337 e. The van der Waals surface area contributed by atoms with Gasteiger partial charge in [0.25, 0.3) is 0 Å². The number of piperidine rings is 1. The first-order chi connectivity index (χ1) is 9.86. The van der Waals surface area contributed by atoms with Crippen LogP contribution in [-0.4, -0.2) is 35.1 Å². The topological polar surface area (TPSA) is 69.6 Å². The molecule has 2 amide bonds. The number of carboxylic acids is 1. The maximum atomic E-state index is 12.3. The van der Waals surface area contributed by atoms with Crippen molar-refractivity contribution in [2.75, 3.05) is 18.4 Å². The van der Waals surface area contributed by atoms with Gasteiger partial charge < -0.3 is 15.3 Å². The van der Waals surface area contributed by atoms with Crippen molar-refractivity contribution in [1.29, 1.82) is 0 Å².